The third kappa shape index (κ3) is 5.25. The Labute approximate surface area is 225 Å². The molecule has 0 N–H and O–H groups in total. The van der Waals surface area contributed by atoms with Crippen molar-refractivity contribution in [2.45, 2.75) is 108 Å². The maximum atomic E-state index is 2.69. The summed E-state index contributed by atoms with van der Waals surface area (Å²) in [5, 5.41) is 7.32. The molecule has 35 heavy (non-hydrogen) atoms. The van der Waals surface area contributed by atoms with E-state index in [1.807, 2.05) is 3.88 Å². The molecule has 3 aliphatic carbocycles. The Hall–Kier alpha value is -0.889. The molecule has 0 aliphatic heterocycles. The van der Waals surface area contributed by atoms with Gasteiger partial charge in [-0.1, -0.05) is 0 Å². The molecule has 0 saturated heterocycles. The zero-order valence-corrected chi connectivity index (χ0v) is 26.7. The van der Waals surface area contributed by atoms with Crippen molar-refractivity contribution in [2.24, 2.45) is 11.3 Å². The average molecular weight is 522 g/mol. The van der Waals surface area contributed by atoms with E-state index in [9.17, 15) is 0 Å². The molecule has 2 unspecified atom stereocenters. The van der Waals surface area contributed by atoms with Crippen molar-refractivity contribution in [3.63, 3.8) is 0 Å². The first kappa shape index (κ1) is 27.2. The molecular formula is C33H49SiTi. The van der Waals surface area contributed by atoms with Crippen molar-refractivity contribution in [3.05, 3.63) is 74.2 Å². The summed E-state index contributed by atoms with van der Waals surface area (Å²) in [6.45, 7) is 12.1. The van der Waals surface area contributed by atoms with Gasteiger partial charge in [0, 0.05) is 0 Å². The molecule has 0 heterocycles. The number of hydrogen-bond donors (Lipinski definition) is 0. The van der Waals surface area contributed by atoms with Crippen molar-refractivity contribution in [2.75, 3.05) is 0 Å². The zero-order valence-electron chi connectivity index (χ0n) is 23.7. The van der Waals surface area contributed by atoms with Gasteiger partial charge in [-0.15, -0.1) is 0 Å². The van der Waals surface area contributed by atoms with Crippen LogP contribution in [0.5, 0.6) is 0 Å². The van der Waals surface area contributed by atoms with Gasteiger partial charge in [-0.3, -0.25) is 0 Å². The van der Waals surface area contributed by atoms with Crippen LogP contribution in [0, 0.1) is 11.3 Å². The molecule has 1 aromatic carbocycles. The third-order valence-corrected chi connectivity index (χ3v) is 15.9. The van der Waals surface area contributed by atoms with E-state index in [2.05, 4.69) is 87.6 Å². The summed E-state index contributed by atoms with van der Waals surface area (Å²) in [7, 11) is -0.554. The van der Waals surface area contributed by atoms with Crippen LogP contribution in [-0.4, -0.2) is 9.52 Å². The van der Waals surface area contributed by atoms with E-state index in [0.717, 1.165) is 18.8 Å². The van der Waals surface area contributed by atoms with E-state index >= 15 is 0 Å². The first-order chi connectivity index (χ1) is 16.8. The fourth-order valence-corrected chi connectivity index (χ4v) is 16.2. The fraction of sp³-hybridized carbons (Fsp3) is 0.576. The molecule has 0 spiro atoms. The fourth-order valence-electron chi connectivity index (χ4n) is 7.93. The van der Waals surface area contributed by atoms with Crippen LogP contribution < -0.4 is 5.19 Å². The first-order valence-corrected chi connectivity index (χ1v) is 19.7. The molecule has 0 amide bonds. The predicted octanol–water partition coefficient (Wildman–Crippen LogP) is 8.58. The molecular weight excluding hydrogens is 472 g/mol. The molecule has 1 saturated carbocycles. The normalized spacial score (nSPS) is 27.6. The molecule has 1 aromatic rings. The molecule has 0 bridgehead atoms. The number of hydrogen-bond acceptors (Lipinski definition) is 0. The van der Waals surface area contributed by atoms with Gasteiger partial charge in [-0.25, -0.2) is 0 Å². The van der Waals surface area contributed by atoms with Crippen molar-refractivity contribution in [1.82, 2.24) is 0 Å². The van der Waals surface area contributed by atoms with E-state index in [1.54, 1.807) is 33.0 Å². The quantitative estimate of drug-likeness (QED) is 0.301. The van der Waals surface area contributed by atoms with Crippen LogP contribution in [-0.2, 0) is 30.7 Å². The van der Waals surface area contributed by atoms with Crippen LogP contribution in [0.1, 0.15) is 90.7 Å². The summed E-state index contributed by atoms with van der Waals surface area (Å²) in [4.78, 5) is 0. The molecule has 0 nitrogen and oxygen atoms in total. The second-order valence-electron chi connectivity index (χ2n) is 12.1. The van der Waals surface area contributed by atoms with Crippen LogP contribution in [0.15, 0.2) is 63.1 Å². The molecule has 0 radical (unpaired) electrons. The Morgan fingerprint density at radius 2 is 1.54 bits per heavy atom. The number of allylic oxidation sites excluding steroid dienone is 8. The topological polar surface area (TPSA) is 0 Å². The molecule has 0 aromatic heterocycles. The summed E-state index contributed by atoms with van der Waals surface area (Å²) in [6.07, 6.45) is 22.0. The standard InChI is InChI=1S/C31H43Si.2CH3.Ti/c1-6-26-18-27(7-2)20-29(19-26)32-31(21-23(3)24(4)25(31)5)22-30(16-12-9-13-17-30)28-14-10-8-11-15-28;;;/h9,12-13,16,18-20,28H,6-8,10-11,14-15,17,22,32H2,1-5H3;2*1H3;. The second-order valence-corrected chi connectivity index (χ2v) is 18.4. The van der Waals surface area contributed by atoms with Crippen LogP contribution >= 0.6 is 0 Å². The molecule has 2 heteroatoms. The van der Waals surface area contributed by atoms with Gasteiger partial charge < -0.3 is 0 Å². The van der Waals surface area contributed by atoms with E-state index in [0.29, 0.717) is 10.5 Å². The first-order valence-electron chi connectivity index (χ1n) is 14.4. The van der Waals surface area contributed by atoms with E-state index in [4.69, 9.17) is 0 Å². The SMILES string of the molecule is CCc1cc(CC)cc([SiH2]C2(CC3(C4CCCCC4)C=CC=CC3)C(C)=C(C)C(C)=[C]2[Ti]([CH3])[CH3])c1. The van der Waals surface area contributed by atoms with Gasteiger partial charge in [-0.05, 0) is 0 Å². The summed E-state index contributed by atoms with van der Waals surface area (Å²) in [6, 6.07) is 7.68. The van der Waals surface area contributed by atoms with Crippen LogP contribution in [0.2, 0.25) is 15.5 Å². The van der Waals surface area contributed by atoms with Gasteiger partial charge in [0.25, 0.3) is 0 Å². The van der Waals surface area contributed by atoms with Crippen LogP contribution in [0.25, 0.3) is 0 Å². The molecule has 2 atom stereocenters. The molecule has 1 fully saturated rings. The molecule has 3 aliphatic rings. The van der Waals surface area contributed by atoms with Gasteiger partial charge in [0.1, 0.15) is 0 Å². The number of rotatable bonds is 8. The summed E-state index contributed by atoms with van der Waals surface area (Å²) < 4.78 is 1.96. The van der Waals surface area contributed by atoms with Crippen LogP contribution in [0.3, 0.4) is 0 Å². The van der Waals surface area contributed by atoms with E-state index < -0.39 is 27.4 Å². The molecule has 189 valence electrons. The minimum atomic E-state index is -1.29. The van der Waals surface area contributed by atoms with Crippen molar-refractivity contribution < 1.29 is 17.9 Å². The Morgan fingerprint density at radius 1 is 0.886 bits per heavy atom. The van der Waals surface area contributed by atoms with E-state index in [-0.39, 0.29) is 0 Å². The average Bonchev–Trinajstić information content (AvgIpc) is 3.05. The third-order valence-electron chi connectivity index (χ3n) is 9.85. The monoisotopic (exact) mass is 521 g/mol. The van der Waals surface area contributed by atoms with Gasteiger partial charge in [0.2, 0.25) is 0 Å². The summed E-state index contributed by atoms with van der Waals surface area (Å²) >= 11 is -1.29. The second kappa shape index (κ2) is 11.2. The van der Waals surface area contributed by atoms with Gasteiger partial charge in [0.05, 0.1) is 0 Å². The Morgan fingerprint density at radius 3 is 2.09 bits per heavy atom. The van der Waals surface area contributed by atoms with Crippen molar-refractivity contribution in [3.8, 4) is 0 Å². The van der Waals surface area contributed by atoms with Crippen molar-refractivity contribution >= 4 is 14.7 Å². The predicted molar refractivity (Wildman–Crippen MR) is 155 cm³/mol. The number of benzene rings is 1. The Bertz CT molecular complexity index is 1030. The summed E-state index contributed by atoms with van der Waals surface area (Å²) in [5.41, 5.74) is 8.51. The van der Waals surface area contributed by atoms with Gasteiger partial charge in [-0.2, -0.15) is 0 Å². The number of aryl methyl sites for hydroxylation is 2. The van der Waals surface area contributed by atoms with Crippen molar-refractivity contribution in [1.29, 1.82) is 0 Å². The van der Waals surface area contributed by atoms with Gasteiger partial charge in [0.15, 0.2) is 0 Å². The zero-order chi connectivity index (χ0) is 25.2. The minimum absolute atomic E-state index is 0.331. The van der Waals surface area contributed by atoms with Crippen LogP contribution in [0.4, 0.5) is 0 Å². The molecule has 4 rings (SSSR count). The van der Waals surface area contributed by atoms with E-state index in [1.165, 1.54) is 44.9 Å². The summed E-state index contributed by atoms with van der Waals surface area (Å²) in [5.74, 6) is 0.851. The van der Waals surface area contributed by atoms with Gasteiger partial charge >= 0.3 is 226 Å². The maximum absolute atomic E-state index is 2.69. The Balaban J connectivity index is 1.87. The Kier molecular flexibility index (Phi) is 8.72.